The minimum Gasteiger partial charge on any atom is -0.462 e. The van der Waals surface area contributed by atoms with Gasteiger partial charge in [0.25, 0.3) is 0 Å². The van der Waals surface area contributed by atoms with Crippen molar-refractivity contribution in [2.75, 3.05) is 6.61 Å². The quantitative estimate of drug-likeness (QED) is 0.679. The van der Waals surface area contributed by atoms with Crippen LogP contribution in [0.15, 0.2) is 18.2 Å². The summed E-state index contributed by atoms with van der Waals surface area (Å²) in [5.74, 6) is -0.665. The van der Waals surface area contributed by atoms with E-state index in [9.17, 15) is 9.18 Å². The number of carbonyl (C=O) groups excluding carboxylic acids is 1. The van der Waals surface area contributed by atoms with Gasteiger partial charge in [-0.25, -0.2) is 9.18 Å². The van der Waals surface area contributed by atoms with Crippen LogP contribution in [-0.4, -0.2) is 12.6 Å². The largest absolute Gasteiger partial charge is 0.462 e. The Kier molecular flexibility index (Phi) is 6.54. The molecule has 0 saturated heterocycles. The van der Waals surface area contributed by atoms with Gasteiger partial charge in [0.2, 0.25) is 0 Å². The van der Waals surface area contributed by atoms with Crippen LogP contribution < -0.4 is 0 Å². The molecular weight excluding hydrogens is 243 g/mol. The summed E-state index contributed by atoms with van der Waals surface area (Å²) < 4.78 is 19.0. The number of hydrogen-bond donors (Lipinski definition) is 0. The van der Waals surface area contributed by atoms with Crippen molar-refractivity contribution in [1.29, 1.82) is 0 Å². The zero-order valence-corrected chi connectivity index (χ0v) is 12.0. The van der Waals surface area contributed by atoms with Gasteiger partial charge in [-0.2, -0.15) is 0 Å². The molecule has 1 unspecified atom stereocenters. The summed E-state index contributed by atoms with van der Waals surface area (Å²) in [6.45, 7) is 6.24. The minimum absolute atomic E-state index is 0.0327. The van der Waals surface area contributed by atoms with E-state index in [-0.39, 0.29) is 5.56 Å². The molecule has 0 aliphatic rings. The highest BCUT2D eigenvalue weighted by atomic mass is 19.1. The Morgan fingerprint density at radius 1 is 1.37 bits per heavy atom. The van der Waals surface area contributed by atoms with E-state index >= 15 is 0 Å². The smallest absolute Gasteiger partial charge is 0.341 e. The number of esters is 1. The molecule has 1 atom stereocenters. The van der Waals surface area contributed by atoms with Gasteiger partial charge in [-0.1, -0.05) is 45.2 Å². The first-order valence-corrected chi connectivity index (χ1v) is 7.02. The second-order valence-corrected chi connectivity index (χ2v) is 4.95. The number of aryl methyl sites for hydroxylation is 1. The monoisotopic (exact) mass is 266 g/mol. The number of unbranched alkanes of at least 4 members (excludes halogenated alkanes) is 1. The van der Waals surface area contributed by atoms with Gasteiger partial charge in [0.15, 0.2) is 0 Å². The van der Waals surface area contributed by atoms with E-state index in [1.807, 2.05) is 0 Å². The maximum atomic E-state index is 13.8. The van der Waals surface area contributed by atoms with Gasteiger partial charge in [-0.05, 0) is 30.9 Å². The van der Waals surface area contributed by atoms with E-state index < -0.39 is 11.8 Å². The lowest BCUT2D eigenvalue weighted by Gasteiger charge is -2.15. The van der Waals surface area contributed by atoms with Crippen molar-refractivity contribution in [1.82, 2.24) is 0 Å². The lowest BCUT2D eigenvalue weighted by molar-refractivity contribution is 0.0422. The summed E-state index contributed by atoms with van der Waals surface area (Å²) in [4.78, 5) is 11.8. The molecule has 2 nitrogen and oxygen atoms in total. The molecule has 0 fully saturated rings. The number of halogens is 1. The Bertz CT molecular complexity index is 415. The predicted molar refractivity (Wildman–Crippen MR) is 74.7 cm³/mol. The third-order valence-electron chi connectivity index (χ3n) is 3.41. The number of benzene rings is 1. The van der Waals surface area contributed by atoms with Crippen LogP contribution in [0.4, 0.5) is 4.39 Å². The fourth-order valence-corrected chi connectivity index (χ4v) is 1.97. The molecule has 0 amide bonds. The van der Waals surface area contributed by atoms with Gasteiger partial charge in [-0.15, -0.1) is 0 Å². The highest BCUT2D eigenvalue weighted by Gasteiger charge is 2.16. The zero-order valence-electron chi connectivity index (χ0n) is 12.0. The van der Waals surface area contributed by atoms with E-state index in [2.05, 4.69) is 13.8 Å². The first-order chi connectivity index (χ1) is 9.10. The molecular formula is C16H23FO2. The first kappa shape index (κ1) is 15.7. The molecule has 1 rings (SSSR count). The molecule has 3 heteroatoms. The zero-order chi connectivity index (χ0) is 14.3. The highest BCUT2D eigenvalue weighted by molar-refractivity contribution is 5.89. The van der Waals surface area contributed by atoms with Crippen molar-refractivity contribution in [2.24, 2.45) is 5.92 Å². The molecule has 0 heterocycles. The number of rotatable bonds is 7. The van der Waals surface area contributed by atoms with Crippen LogP contribution in [0.25, 0.3) is 0 Å². The summed E-state index contributed by atoms with van der Waals surface area (Å²) in [5.41, 5.74) is 0.498. The fraction of sp³-hybridized carbons (Fsp3) is 0.562. The maximum absolute atomic E-state index is 13.8. The molecule has 1 aromatic carbocycles. The molecule has 106 valence electrons. The molecule has 0 radical (unpaired) electrons. The third kappa shape index (κ3) is 4.66. The van der Waals surface area contributed by atoms with Crippen LogP contribution in [-0.2, 0) is 4.74 Å². The Balaban J connectivity index is 2.57. The summed E-state index contributed by atoms with van der Waals surface area (Å²) in [5, 5.41) is 0. The Morgan fingerprint density at radius 2 is 2.11 bits per heavy atom. The fourth-order valence-electron chi connectivity index (χ4n) is 1.97. The Labute approximate surface area is 115 Å². The summed E-state index contributed by atoms with van der Waals surface area (Å²) in [7, 11) is 0. The van der Waals surface area contributed by atoms with Gasteiger partial charge < -0.3 is 4.74 Å². The topological polar surface area (TPSA) is 26.3 Å². The molecule has 1 aromatic rings. The van der Waals surface area contributed by atoms with Crippen molar-refractivity contribution in [3.8, 4) is 0 Å². The van der Waals surface area contributed by atoms with Crippen molar-refractivity contribution in [2.45, 2.75) is 46.5 Å². The van der Waals surface area contributed by atoms with Crippen LogP contribution in [0.5, 0.6) is 0 Å². The average Bonchev–Trinajstić information content (AvgIpc) is 2.42. The van der Waals surface area contributed by atoms with Crippen LogP contribution >= 0.6 is 0 Å². The van der Waals surface area contributed by atoms with Gasteiger partial charge >= 0.3 is 5.97 Å². The Hall–Kier alpha value is -1.38. The summed E-state index contributed by atoms with van der Waals surface area (Å²) in [6.07, 6.45) is 4.30. The Morgan fingerprint density at radius 3 is 2.74 bits per heavy atom. The maximum Gasteiger partial charge on any atom is 0.341 e. The lowest BCUT2D eigenvalue weighted by Crippen LogP contribution is -2.15. The van der Waals surface area contributed by atoms with Crippen molar-refractivity contribution in [3.05, 3.63) is 35.1 Å². The molecule has 0 saturated carbocycles. The van der Waals surface area contributed by atoms with E-state index in [0.717, 1.165) is 25.7 Å². The van der Waals surface area contributed by atoms with E-state index in [4.69, 9.17) is 4.74 Å². The van der Waals surface area contributed by atoms with Gasteiger partial charge in [-0.3, -0.25) is 0 Å². The molecule has 0 bridgehead atoms. The summed E-state index contributed by atoms with van der Waals surface area (Å²) >= 11 is 0. The van der Waals surface area contributed by atoms with Crippen molar-refractivity contribution >= 4 is 5.97 Å². The molecule has 0 aromatic heterocycles. The molecule has 0 aliphatic heterocycles. The van der Waals surface area contributed by atoms with Gasteiger partial charge in [0.1, 0.15) is 5.82 Å². The lowest BCUT2D eigenvalue weighted by atomic mass is 10.0. The number of carbonyl (C=O) groups is 1. The van der Waals surface area contributed by atoms with Crippen LogP contribution in [0.3, 0.4) is 0 Å². The highest BCUT2D eigenvalue weighted by Crippen LogP contribution is 2.16. The third-order valence-corrected chi connectivity index (χ3v) is 3.41. The van der Waals surface area contributed by atoms with Crippen LogP contribution in [0, 0.1) is 18.7 Å². The van der Waals surface area contributed by atoms with Crippen molar-refractivity contribution in [3.63, 3.8) is 0 Å². The first-order valence-electron chi connectivity index (χ1n) is 7.02. The second-order valence-electron chi connectivity index (χ2n) is 4.95. The number of hydrogen-bond acceptors (Lipinski definition) is 2. The molecule has 0 spiro atoms. The average molecular weight is 266 g/mol. The normalized spacial score (nSPS) is 12.2. The molecule has 19 heavy (non-hydrogen) atoms. The van der Waals surface area contributed by atoms with Gasteiger partial charge in [0, 0.05) is 0 Å². The van der Waals surface area contributed by atoms with Crippen molar-refractivity contribution < 1.29 is 13.9 Å². The minimum atomic E-state index is -0.559. The van der Waals surface area contributed by atoms with Crippen LogP contribution in [0.2, 0.25) is 0 Å². The van der Waals surface area contributed by atoms with E-state index in [1.54, 1.807) is 19.1 Å². The summed E-state index contributed by atoms with van der Waals surface area (Å²) in [6, 6.07) is 4.78. The predicted octanol–water partition coefficient (Wildman–Crippen LogP) is 4.51. The molecule has 0 N–H and O–H groups in total. The standard InChI is InChI=1S/C16H23FO2/c1-4-6-9-13(5-2)11-19-16(18)14-10-7-8-12(3)15(14)17/h7-8,10,13H,4-6,9,11H2,1-3H3. The van der Waals surface area contributed by atoms with E-state index in [1.165, 1.54) is 6.07 Å². The van der Waals surface area contributed by atoms with Gasteiger partial charge in [0.05, 0.1) is 12.2 Å². The SMILES string of the molecule is CCCCC(CC)COC(=O)c1cccc(C)c1F. The second kappa shape index (κ2) is 7.93. The molecule has 0 aliphatic carbocycles. The van der Waals surface area contributed by atoms with E-state index in [0.29, 0.717) is 18.1 Å². The van der Waals surface area contributed by atoms with Crippen LogP contribution in [0.1, 0.15) is 55.5 Å². The number of ether oxygens (including phenoxy) is 1.